The number of ether oxygens (including phenoxy) is 2. The number of carbonyl (C=O) groups is 1. The Morgan fingerprint density at radius 3 is 2.15 bits per heavy atom. The molecule has 8 nitrogen and oxygen atoms in total. The van der Waals surface area contributed by atoms with Crippen molar-refractivity contribution in [3.05, 3.63) is 88.4 Å². The molecule has 3 atom stereocenters. The maximum Gasteiger partial charge on any atom is 0.315 e. The van der Waals surface area contributed by atoms with Crippen molar-refractivity contribution in [1.82, 2.24) is 0 Å². The molecule has 2 heterocycles. The van der Waals surface area contributed by atoms with Crippen LogP contribution >= 0.6 is 15.9 Å². The van der Waals surface area contributed by atoms with E-state index < -0.39 is 33.5 Å². The van der Waals surface area contributed by atoms with Crippen LogP contribution in [0.25, 0.3) is 11.1 Å². The minimum Gasteiger partial charge on any atom is -0.508 e. The van der Waals surface area contributed by atoms with Crippen LogP contribution in [0.15, 0.2) is 77.3 Å². The van der Waals surface area contributed by atoms with Gasteiger partial charge in [0.1, 0.15) is 28.6 Å². The number of fused-ring (bicyclic) bond motifs is 2. The molecule has 0 amide bonds. The molecule has 0 saturated carbocycles. The molecule has 0 aliphatic carbocycles. The number of phenols is 1. The number of hydrogen-bond donors (Lipinski definition) is 2. The van der Waals surface area contributed by atoms with Gasteiger partial charge in [0.05, 0.1) is 12.7 Å². The van der Waals surface area contributed by atoms with Crippen molar-refractivity contribution in [2.75, 3.05) is 6.61 Å². The first kappa shape index (κ1) is 29.2. The van der Waals surface area contributed by atoms with Gasteiger partial charge in [-0.25, -0.2) is 0 Å². The van der Waals surface area contributed by atoms with E-state index in [-0.39, 0.29) is 24.3 Å². The lowest BCUT2D eigenvalue weighted by Crippen LogP contribution is -2.35. The number of unbranched alkanes of at least 4 members (excludes halogenated alkanes) is 3. The highest BCUT2D eigenvalue weighted by molar-refractivity contribution is 9.10. The highest BCUT2D eigenvalue weighted by Crippen LogP contribution is 2.51. The van der Waals surface area contributed by atoms with E-state index in [1.807, 2.05) is 36.4 Å². The van der Waals surface area contributed by atoms with Gasteiger partial charge in [0.25, 0.3) is 0 Å². The maximum absolute atomic E-state index is 13.4. The Balaban J connectivity index is 1.34. The number of aromatic hydroxyl groups is 1. The molecule has 1 saturated heterocycles. The zero-order chi connectivity index (χ0) is 29.0. The number of halogens is 1. The topological polar surface area (TPSA) is 119 Å². The largest absolute Gasteiger partial charge is 0.508 e. The second kappa shape index (κ2) is 12.7. The normalized spacial score (nSPS) is 19.9. The van der Waals surface area contributed by atoms with Gasteiger partial charge in [0.15, 0.2) is 0 Å². The predicted molar refractivity (Wildman–Crippen MR) is 158 cm³/mol. The molecule has 2 bridgehead atoms. The summed E-state index contributed by atoms with van der Waals surface area (Å²) in [5.74, 6) is 0.306. The fourth-order valence-corrected chi connectivity index (χ4v) is 7.01. The second-order valence-corrected chi connectivity index (χ2v) is 12.8. The van der Waals surface area contributed by atoms with Gasteiger partial charge >= 0.3 is 16.1 Å². The summed E-state index contributed by atoms with van der Waals surface area (Å²) in [7, 11) is -4.02. The summed E-state index contributed by atoms with van der Waals surface area (Å²) < 4.78 is 45.3. The minimum absolute atomic E-state index is 0.145. The average Bonchev–Trinajstić information content (AvgIpc) is 3.54. The number of phenolic OH excluding ortho intramolecular Hbond substituents is 1. The van der Waals surface area contributed by atoms with Crippen LogP contribution in [0.3, 0.4) is 0 Å². The summed E-state index contributed by atoms with van der Waals surface area (Å²) >= 11 is 3.35. The lowest BCUT2D eigenvalue weighted by molar-refractivity contribution is -0.137. The van der Waals surface area contributed by atoms with Gasteiger partial charge in [0.2, 0.25) is 0 Å². The molecule has 3 aromatic carbocycles. The average molecular weight is 644 g/mol. The van der Waals surface area contributed by atoms with Crippen LogP contribution in [0.2, 0.25) is 0 Å². The molecular formula is C31H31BrO8S. The lowest BCUT2D eigenvalue weighted by Gasteiger charge is -2.25. The Morgan fingerprint density at radius 2 is 1.46 bits per heavy atom. The minimum atomic E-state index is -4.02. The number of carboxylic acid groups (broad SMARTS) is 1. The van der Waals surface area contributed by atoms with E-state index in [1.165, 1.54) is 0 Å². The molecular weight excluding hydrogens is 612 g/mol. The summed E-state index contributed by atoms with van der Waals surface area (Å²) in [4.78, 5) is 10.6. The summed E-state index contributed by atoms with van der Waals surface area (Å²) in [5.41, 5.74) is 3.37. The molecule has 5 rings (SSSR count). The monoisotopic (exact) mass is 642 g/mol. The van der Waals surface area contributed by atoms with Crippen molar-refractivity contribution < 1.29 is 37.1 Å². The van der Waals surface area contributed by atoms with Crippen molar-refractivity contribution in [1.29, 1.82) is 0 Å². The molecule has 2 aliphatic heterocycles. The number of rotatable bonds is 13. The third-order valence-electron chi connectivity index (χ3n) is 7.29. The van der Waals surface area contributed by atoms with Crippen LogP contribution in [0, 0.1) is 0 Å². The van der Waals surface area contributed by atoms with Crippen LogP contribution in [0.5, 0.6) is 17.2 Å². The van der Waals surface area contributed by atoms with Gasteiger partial charge in [-0.05, 0) is 83.6 Å². The second-order valence-electron chi connectivity index (χ2n) is 10.2. The number of carboxylic acids is 1. The molecule has 0 radical (unpaired) electrons. The molecule has 2 N–H and O–H groups in total. The van der Waals surface area contributed by atoms with Gasteiger partial charge in [-0.3, -0.25) is 4.79 Å². The number of hydrogen-bond acceptors (Lipinski definition) is 7. The van der Waals surface area contributed by atoms with Crippen molar-refractivity contribution in [3.8, 4) is 17.2 Å². The third-order valence-corrected chi connectivity index (χ3v) is 9.42. The van der Waals surface area contributed by atoms with Crippen molar-refractivity contribution in [3.63, 3.8) is 0 Å². The SMILES string of the molecule is O=C(O)CCCCCCOc1ccc(C2=C(c3ccc(O)cc3)[C@@H]3C[C@@H](S(=O)(=O)Oc4ccc(Br)cc4)[C@H]2O3)cc1. The van der Waals surface area contributed by atoms with E-state index in [4.69, 9.17) is 18.8 Å². The first-order chi connectivity index (χ1) is 19.7. The Labute approximate surface area is 247 Å². The van der Waals surface area contributed by atoms with E-state index in [0.29, 0.717) is 18.8 Å². The number of aliphatic carboxylic acids is 1. The zero-order valence-electron chi connectivity index (χ0n) is 22.2. The van der Waals surface area contributed by atoms with Crippen LogP contribution < -0.4 is 8.92 Å². The molecule has 216 valence electrons. The molecule has 41 heavy (non-hydrogen) atoms. The van der Waals surface area contributed by atoms with Gasteiger partial charge < -0.3 is 23.9 Å². The lowest BCUT2D eigenvalue weighted by atomic mass is 9.83. The highest BCUT2D eigenvalue weighted by atomic mass is 79.9. The van der Waals surface area contributed by atoms with Gasteiger partial charge in [-0.2, -0.15) is 8.42 Å². The Morgan fingerprint density at radius 1 is 0.854 bits per heavy atom. The first-order valence-corrected chi connectivity index (χ1v) is 15.8. The zero-order valence-corrected chi connectivity index (χ0v) is 24.6. The van der Waals surface area contributed by atoms with E-state index in [9.17, 15) is 18.3 Å². The van der Waals surface area contributed by atoms with Crippen LogP contribution in [0.4, 0.5) is 0 Å². The first-order valence-electron chi connectivity index (χ1n) is 13.5. The summed E-state index contributed by atoms with van der Waals surface area (Å²) in [6.07, 6.45) is 2.52. The molecule has 1 fully saturated rings. The van der Waals surface area contributed by atoms with E-state index in [0.717, 1.165) is 46.0 Å². The molecule has 2 aliphatic rings. The summed E-state index contributed by atoms with van der Waals surface area (Å²) in [5, 5.41) is 17.7. The molecule has 0 aromatic heterocycles. The third kappa shape index (κ3) is 6.94. The smallest absolute Gasteiger partial charge is 0.315 e. The van der Waals surface area contributed by atoms with E-state index in [1.54, 1.807) is 36.4 Å². The maximum atomic E-state index is 13.4. The molecule has 0 unspecified atom stereocenters. The van der Waals surface area contributed by atoms with Crippen molar-refractivity contribution in [2.45, 2.75) is 56.0 Å². The Hall–Kier alpha value is -3.34. The molecule has 10 heteroatoms. The van der Waals surface area contributed by atoms with Gasteiger partial charge in [0, 0.05) is 17.3 Å². The number of benzene rings is 3. The van der Waals surface area contributed by atoms with Gasteiger partial charge in [-0.15, -0.1) is 0 Å². The highest BCUT2D eigenvalue weighted by Gasteiger charge is 2.53. The van der Waals surface area contributed by atoms with Gasteiger partial charge in [-0.1, -0.05) is 53.0 Å². The molecule has 0 spiro atoms. The molecule has 3 aromatic rings. The van der Waals surface area contributed by atoms with E-state index >= 15 is 0 Å². The van der Waals surface area contributed by atoms with E-state index in [2.05, 4.69) is 15.9 Å². The standard InChI is InChI=1S/C31H31BrO8S/c32-22-10-16-25(17-11-22)40-41(36,37)27-19-26-29(20-6-12-23(33)13-7-20)30(31(27)39-26)21-8-14-24(15-9-21)38-18-4-2-1-3-5-28(34)35/h6-17,26-27,31,33H,1-5,18-19H2,(H,34,35)/t26-,27+,31+/m0/s1. The quantitative estimate of drug-likeness (QED) is 0.162. The summed E-state index contributed by atoms with van der Waals surface area (Å²) in [6, 6.07) is 21.0. The fourth-order valence-electron chi connectivity index (χ4n) is 5.33. The van der Waals surface area contributed by atoms with Crippen LogP contribution in [0.1, 0.15) is 49.7 Å². The van der Waals surface area contributed by atoms with Crippen LogP contribution in [-0.4, -0.2) is 48.7 Å². The van der Waals surface area contributed by atoms with Crippen molar-refractivity contribution >= 4 is 43.2 Å². The Bertz CT molecular complexity index is 1500. The van der Waals surface area contributed by atoms with Crippen molar-refractivity contribution in [2.24, 2.45) is 0 Å². The Kier molecular flexibility index (Phi) is 9.01. The van der Waals surface area contributed by atoms with Crippen LogP contribution in [-0.2, 0) is 19.6 Å². The summed E-state index contributed by atoms with van der Waals surface area (Å²) in [6.45, 7) is 0.523. The predicted octanol–water partition coefficient (Wildman–Crippen LogP) is 6.43. The fraction of sp³-hybridized carbons (Fsp3) is 0.323.